The second-order valence-electron chi connectivity index (χ2n) is 2.88. The third-order valence-electron chi connectivity index (χ3n) is 1.69. The Hall–Kier alpha value is -1.53. The number of alkyl halides is 4. The lowest BCUT2D eigenvalue weighted by molar-refractivity contribution is -0.117. The third-order valence-corrected chi connectivity index (χ3v) is 1.69. The van der Waals surface area contributed by atoms with Crippen LogP contribution >= 0.6 is 0 Å². The quantitative estimate of drug-likeness (QED) is 0.767. The number of nitrogen functional groups attached to an aromatic ring is 1. The number of aromatic nitrogens is 1. The first-order valence-electron chi connectivity index (χ1n) is 4.03. The van der Waals surface area contributed by atoms with Crippen LogP contribution in [0.25, 0.3) is 0 Å². The Morgan fingerprint density at radius 3 is 2.67 bits per heavy atom. The van der Waals surface area contributed by atoms with Gasteiger partial charge in [-0.05, 0) is 6.07 Å². The highest BCUT2D eigenvalue weighted by Crippen LogP contribution is 2.24. The van der Waals surface area contributed by atoms with Gasteiger partial charge in [0.1, 0.15) is 0 Å². The first-order chi connectivity index (χ1) is 6.93. The fourth-order valence-electron chi connectivity index (χ4n) is 0.858. The zero-order valence-corrected chi connectivity index (χ0v) is 7.55. The van der Waals surface area contributed by atoms with Crippen molar-refractivity contribution in [3.8, 4) is 0 Å². The second kappa shape index (κ2) is 4.33. The topological polar surface area (TPSA) is 50.9 Å². The summed E-state index contributed by atoms with van der Waals surface area (Å²) in [5.41, 5.74) is 5.65. The molecule has 0 radical (unpaired) electrons. The van der Waals surface area contributed by atoms with Gasteiger partial charge in [0.05, 0.1) is 24.1 Å². The molecule has 0 saturated carbocycles. The second-order valence-corrected chi connectivity index (χ2v) is 2.88. The van der Waals surface area contributed by atoms with Crippen LogP contribution in [0, 0.1) is 0 Å². The monoisotopic (exact) mass is 223 g/mol. The molecule has 0 aromatic carbocycles. The van der Waals surface area contributed by atoms with E-state index < -0.39 is 18.9 Å². The van der Waals surface area contributed by atoms with Crippen molar-refractivity contribution in [3.63, 3.8) is 0 Å². The summed E-state index contributed by atoms with van der Waals surface area (Å²) in [6.07, 6.45) is -1.14. The van der Waals surface area contributed by atoms with Crippen molar-refractivity contribution in [2.24, 2.45) is 0 Å². The number of nitrogens with two attached hydrogens (primary N) is 1. The Bertz CT molecular complexity index is 329. The van der Waals surface area contributed by atoms with Gasteiger partial charge >= 0.3 is 12.3 Å². The third kappa shape index (κ3) is 2.97. The van der Waals surface area contributed by atoms with Crippen molar-refractivity contribution in [1.29, 1.82) is 0 Å². The van der Waals surface area contributed by atoms with E-state index in [-0.39, 0.29) is 11.4 Å². The molecule has 3 N–H and O–H groups in total. The van der Waals surface area contributed by atoms with Crippen LogP contribution < -0.4 is 11.1 Å². The number of nitrogens with zero attached hydrogens (tertiary/aromatic N) is 1. The Balaban J connectivity index is 2.62. The predicted octanol–water partition coefficient (Wildman–Crippen LogP) is 1.98. The maximum atomic E-state index is 12.5. The average molecular weight is 223 g/mol. The minimum Gasteiger partial charge on any atom is -0.396 e. The van der Waals surface area contributed by atoms with Gasteiger partial charge in [0, 0.05) is 6.20 Å². The summed E-state index contributed by atoms with van der Waals surface area (Å²) in [5, 5.41) is 2.14. The number of rotatable bonds is 4. The maximum absolute atomic E-state index is 12.5. The molecule has 84 valence electrons. The van der Waals surface area contributed by atoms with Crippen LogP contribution in [0.2, 0.25) is 0 Å². The molecule has 0 aliphatic rings. The molecule has 3 nitrogen and oxygen atoms in total. The van der Waals surface area contributed by atoms with Gasteiger partial charge in [0.2, 0.25) is 0 Å². The summed E-state index contributed by atoms with van der Waals surface area (Å²) in [6, 6.07) is 1.33. The van der Waals surface area contributed by atoms with E-state index >= 15 is 0 Å². The van der Waals surface area contributed by atoms with Gasteiger partial charge in [0.15, 0.2) is 0 Å². The first-order valence-corrected chi connectivity index (χ1v) is 4.03. The molecule has 0 atom stereocenters. The minimum absolute atomic E-state index is 0.127. The molecule has 1 aromatic rings. The molecule has 1 heterocycles. The van der Waals surface area contributed by atoms with Crippen molar-refractivity contribution < 1.29 is 17.6 Å². The highest BCUT2D eigenvalue weighted by atomic mass is 19.3. The lowest BCUT2D eigenvalue weighted by Crippen LogP contribution is -2.34. The van der Waals surface area contributed by atoms with E-state index in [1.807, 2.05) is 0 Å². The van der Waals surface area contributed by atoms with E-state index in [0.29, 0.717) is 0 Å². The van der Waals surface area contributed by atoms with Crippen molar-refractivity contribution in [3.05, 3.63) is 18.5 Å². The van der Waals surface area contributed by atoms with Gasteiger partial charge < -0.3 is 11.1 Å². The van der Waals surface area contributed by atoms with E-state index in [4.69, 9.17) is 5.73 Å². The van der Waals surface area contributed by atoms with E-state index in [9.17, 15) is 17.6 Å². The Kier molecular flexibility index (Phi) is 3.33. The van der Waals surface area contributed by atoms with Crippen molar-refractivity contribution in [2.75, 3.05) is 17.6 Å². The highest BCUT2D eigenvalue weighted by Gasteiger charge is 2.40. The standard InChI is InChI=1S/C8H9F4N3/c9-7(10)8(11,12)4-15-6-1-2-14-3-5(6)13/h1-3,7H,4,13H2,(H,14,15). The zero-order valence-electron chi connectivity index (χ0n) is 7.55. The summed E-state index contributed by atoms with van der Waals surface area (Å²) in [5.74, 6) is -4.07. The minimum atomic E-state index is -4.07. The van der Waals surface area contributed by atoms with Crippen molar-refractivity contribution in [2.45, 2.75) is 12.3 Å². The SMILES string of the molecule is Nc1cnccc1NCC(F)(F)C(F)F. The van der Waals surface area contributed by atoms with Crippen LogP contribution in [0.1, 0.15) is 0 Å². The van der Waals surface area contributed by atoms with E-state index in [0.717, 1.165) is 0 Å². The molecule has 0 saturated heterocycles. The zero-order chi connectivity index (χ0) is 11.5. The molecule has 0 unspecified atom stereocenters. The van der Waals surface area contributed by atoms with Gasteiger partial charge in [-0.1, -0.05) is 0 Å². The number of nitrogens with one attached hydrogen (secondary N) is 1. The van der Waals surface area contributed by atoms with Crippen LogP contribution in [-0.2, 0) is 0 Å². The lowest BCUT2D eigenvalue weighted by atomic mass is 10.3. The van der Waals surface area contributed by atoms with E-state index in [1.54, 1.807) is 0 Å². The highest BCUT2D eigenvalue weighted by molar-refractivity contribution is 5.64. The fourth-order valence-corrected chi connectivity index (χ4v) is 0.858. The van der Waals surface area contributed by atoms with Crippen LogP contribution in [0.5, 0.6) is 0 Å². The molecule has 1 rings (SSSR count). The molecule has 0 amide bonds. The van der Waals surface area contributed by atoms with Crippen LogP contribution in [0.3, 0.4) is 0 Å². The first kappa shape index (κ1) is 11.5. The summed E-state index contributed by atoms with van der Waals surface area (Å²) in [4.78, 5) is 3.62. The average Bonchev–Trinajstić information content (AvgIpc) is 2.16. The maximum Gasteiger partial charge on any atom is 0.324 e. The van der Waals surface area contributed by atoms with E-state index in [1.165, 1.54) is 18.5 Å². The Morgan fingerprint density at radius 2 is 2.13 bits per heavy atom. The van der Waals surface area contributed by atoms with Crippen LogP contribution in [-0.4, -0.2) is 23.9 Å². The molecule has 15 heavy (non-hydrogen) atoms. The fraction of sp³-hybridized carbons (Fsp3) is 0.375. The molecule has 0 spiro atoms. The van der Waals surface area contributed by atoms with Gasteiger partial charge in [-0.3, -0.25) is 4.98 Å². The smallest absolute Gasteiger partial charge is 0.324 e. The summed E-state index contributed by atoms with van der Waals surface area (Å²) < 4.78 is 48.6. The number of pyridine rings is 1. The molecule has 0 bridgehead atoms. The van der Waals surface area contributed by atoms with Crippen molar-refractivity contribution >= 4 is 11.4 Å². The molecule has 0 fully saturated rings. The van der Waals surface area contributed by atoms with Gasteiger partial charge in [-0.25, -0.2) is 8.78 Å². The predicted molar refractivity (Wildman–Crippen MR) is 48.1 cm³/mol. The number of hydrogen-bond acceptors (Lipinski definition) is 3. The van der Waals surface area contributed by atoms with Crippen LogP contribution in [0.15, 0.2) is 18.5 Å². The number of anilines is 2. The summed E-state index contributed by atoms with van der Waals surface area (Å²) in [6.45, 7) is -1.17. The largest absolute Gasteiger partial charge is 0.396 e. The molecule has 7 heteroatoms. The van der Waals surface area contributed by atoms with Gasteiger partial charge in [0.25, 0.3) is 0 Å². The molecule has 1 aromatic heterocycles. The van der Waals surface area contributed by atoms with Gasteiger partial charge in [-0.2, -0.15) is 8.78 Å². The normalized spacial score (nSPS) is 11.8. The number of hydrogen-bond donors (Lipinski definition) is 2. The summed E-state index contributed by atoms with van der Waals surface area (Å²) in [7, 11) is 0. The van der Waals surface area contributed by atoms with E-state index in [2.05, 4.69) is 10.3 Å². The summed E-state index contributed by atoms with van der Waals surface area (Å²) >= 11 is 0. The Morgan fingerprint density at radius 1 is 1.47 bits per heavy atom. The Labute approximate surface area is 83.3 Å². The van der Waals surface area contributed by atoms with Crippen LogP contribution in [0.4, 0.5) is 28.9 Å². The molecular weight excluding hydrogens is 214 g/mol. The van der Waals surface area contributed by atoms with Gasteiger partial charge in [-0.15, -0.1) is 0 Å². The number of halogens is 4. The lowest BCUT2D eigenvalue weighted by Gasteiger charge is -2.17. The molecular formula is C8H9F4N3. The molecule has 0 aliphatic carbocycles. The van der Waals surface area contributed by atoms with Crippen molar-refractivity contribution in [1.82, 2.24) is 4.98 Å². The molecule has 0 aliphatic heterocycles.